The number of aromatic nitrogens is 2. The minimum Gasteiger partial charge on any atom is -0.263 e. The largest absolute Gasteiger partial charge is 0.263 e. The van der Waals surface area contributed by atoms with Gasteiger partial charge in [-0.25, -0.2) is 4.39 Å². The number of hydrogen-bond acceptors (Lipinski definition) is 1. The van der Waals surface area contributed by atoms with E-state index in [0.717, 1.165) is 18.5 Å². The van der Waals surface area contributed by atoms with Crippen LogP contribution < -0.4 is 0 Å². The Kier molecular flexibility index (Phi) is 2.81. The van der Waals surface area contributed by atoms with E-state index in [-0.39, 0.29) is 11.2 Å². The average Bonchev–Trinajstić information content (AvgIpc) is 2.73. The first kappa shape index (κ1) is 11.6. The quantitative estimate of drug-likeness (QED) is 0.710. The zero-order valence-electron chi connectivity index (χ0n) is 10.7. The molecule has 1 aliphatic rings. The lowest BCUT2D eigenvalue weighted by Crippen LogP contribution is -2.22. The van der Waals surface area contributed by atoms with Gasteiger partial charge in [0.15, 0.2) is 5.82 Å². The van der Waals surface area contributed by atoms with Crippen LogP contribution in [0.25, 0.3) is 0 Å². The summed E-state index contributed by atoms with van der Waals surface area (Å²) in [7, 11) is 0. The molecule has 3 heteroatoms. The summed E-state index contributed by atoms with van der Waals surface area (Å²) in [5.41, 5.74) is 1.14. The summed E-state index contributed by atoms with van der Waals surface area (Å²) in [6.07, 6.45) is 4.77. The van der Waals surface area contributed by atoms with Gasteiger partial charge >= 0.3 is 0 Å². The standard InChI is InChI=1S/C13H21FN2/c1-9-11(14)12(13(2,3)4)16(15-9)10-7-5-6-8-10/h10H,5-8H2,1-4H3. The third-order valence-corrected chi connectivity index (χ3v) is 3.39. The summed E-state index contributed by atoms with van der Waals surface area (Å²) in [6.45, 7) is 7.92. The van der Waals surface area contributed by atoms with Crippen LogP contribution in [0.4, 0.5) is 4.39 Å². The Morgan fingerprint density at radius 2 is 1.81 bits per heavy atom. The van der Waals surface area contributed by atoms with Crippen LogP contribution in [0.15, 0.2) is 0 Å². The van der Waals surface area contributed by atoms with Crippen LogP contribution in [0.1, 0.15) is 63.9 Å². The number of nitrogens with zero attached hydrogens (tertiary/aromatic N) is 2. The van der Waals surface area contributed by atoms with Crippen molar-refractivity contribution in [1.29, 1.82) is 0 Å². The van der Waals surface area contributed by atoms with Gasteiger partial charge in [-0.05, 0) is 19.8 Å². The monoisotopic (exact) mass is 224 g/mol. The lowest BCUT2D eigenvalue weighted by Gasteiger charge is -2.23. The molecule has 1 aromatic rings. The Balaban J connectivity index is 2.48. The number of hydrogen-bond donors (Lipinski definition) is 0. The molecule has 90 valence electrons. The third-order valence-electron chi connectivity index (χ3n) is 3.39. The fraction of sp³-hybridized carbons (Fsp3) is 0.769. The molecule has 0 atom stereocenters. The van der Waals surface area contributed by atoms with E-state index >= 15 is 0 Å². The fourth-order valence-corrected chi connectivity index (χ4v) is 2.61. The Hall–Kier alpha value is -0.860. The van der Waals surface area contributed by atoms with Crippen molar-refractivity contribution in [2.75, 3.05) is 0 Å². The fourth-order valence-electron chi connectivity index (χ4n) is 2.61. The number of rotatable bonds is 1. The van der Waals surface area contributed by atoms with E-state index in [4.69, 9.17) is 0 Å². The second-order valence-electron chi connectivity index (χ2n) is 5.88. The van der Waals surface area contributed by atoms with Crippen molar-refractivity contribution in [3.63, 3.8) is 0 Å². The van der Waals surface area contributed by atoms with Gasteiger partial charge in [0, 0.05) is 5.41 Å². The van der Waals surface area contributed by atoms with Gasteiger partial charge in [-0.15, -0.1) is 0 Å². The first-order valence-electron chi connectivity index (χ1n) is 6.16. The smallest absolute Gasteiger partial charge is 0.167 e. The summed E-state index contributed by atoms with van der Waals surface area (Å²) in [5.74, 6) is -0.112. The van der Waals surface area contributed by atoms with Crippen LogP contribution in [-0.2, 0) is 5.41 Å². The van der Waals surface area contributed by atoms with Crippen LogP contribution in [-0.4, -0.2) is 9.78 Å². The molecule has 0 unspecified atom stereocenters. The lowest BCUT2D eigenvalue weighted by atomic mass is 9.91. The second-order valence-corrected chi connectivity index (χ2v) is 5.88. The van der Waals surface area contributed by atoms with Gasteiger partial charge in [-0.2, -0.15) is 5.10 Å². The van der Waals surface area contributed by atoms with Crippen molar-refractivity contribution in [2.45, 2.75) is 64.8 Å². The van der Waals surface area contributed by atoms with E-state index in [0.29, 0.717) is 11.7 Å². The molecule has 1 fully saturated rings. The minimum atomic E-state index is -0.173. The summed E-state index contributed by atoms with van der Waals surface area (Å²) in [4.78, 5) is 0. The average molecular weight is 224 g/mol. The molecule has 0 amide bonds. The highest BCUT2D eigenvalue weighted by molar-refractivity contribution is 5.21. The molecule has 0 bridgehead atoms. The van der Waals surface area contributed by atoms with Crippen molar-refractivity contribution in [2.24, 2.45) is 0 Å². The highest BCUT2D eigenvalue weighted by Crippen LogP contribution is 2.35. The van der Waals surface area contributed by atoms with Gasteiger partial charge in [0.05, 0.1) is 17.4 Å². The molecular formula is C13H21FN2. The number of aryl methyl sites for hydroxylation is 1. The van der Waals surface area contributed by atoms with Crippen LogP contribution >= 0.6 is 0 Å². The molecule has 1 aromatic heterocycles. The van der Waals surface area contributed by atoms with E-state index < -0.39 is 0 Å². The molecular weight excluding hydrogens is 203 g/mol. The van der Waals surface area contributed by atoms with Gasteiger partial charge < -0.3 is 0 Å². The zero-order valence-corrected chi connectivity index (χ0v) is 10.7. The summed E-state index contributed by atoms with van der Waals surface area (Å²) < 4.78 is 16.0. The zero-order chi connectivity index (χ0) is 11.9. The molecule has 1 heterocycles. The van der Waals surface area contributed by atoms with Crippen molar-refractivity contribution >= 4 is 0 Å². The molecule has 16 heavy (non-hydrogen) atoms. The summed E-state index contributed by atoms with van der Waals surface area (Å²) in [5, 5.41) is 4.40. The van der Waals surface area contributed by atoms with Crippen LogP contribution in [0.5, 0.6) is 0 Å². The second kappa shape index (κ2) is 3.86. The molecule has 2 nitrogen and oxygen atoms in total. The third kappa shape index (κ3) is 1.87. The van der Waals surface area contributed by atoms with Gasteiger partial charge in [0.2, 0.25) is 0 Å². The topological polar surface area (TPSA) is 17.8 Å². The van der Waals surface area contributed by atoms with Gasteiger partial charge in [-0.1, -0.05) is 33.6 Å². The van der Waals surface area contributed by atoms with E-state index in [1.165, 1.54) is 12.8 Å². The molecule has 0 aromatic carbocycles. The molecule has 0 radical (unpaired) electrons. The van der Waals surface area contributed by atoms with Crippen molar-refractivity contribution < 1.29 is 4.39 Å². The van der Waals surface area contributed by atoms with Gasteiger partial charge in [0.25, 0.3) is 0 Å². The molecule has 0 saturated heterocycles. The van der Waals surface area contributed by atoms with Crippen molar-refractivity contribution in [3.05, 3.63) is 17.2 Å². The van der Waals surface area contributed by atoms with E-state index in [9.17, 15) is 4.39 Å². The minimum absolute atomic E-state index is 0.112. The maximum absolute atomic E-state index is 14.1. The Morgan fingerprint density at radius 1 is 1.25 bits per heavy atom. The Labute approximate surface area is 96.8 Å². The highest BCUT2D eigenvalue weighted by atomic mass is 19.1. The van der Waals surface area contributed by atoms with E-state index in [1.807, 2.05) is 4.68 Å². The SMILES string of the molecule is Cc1nn(C2CCCC2)c(C(C)(C)C)c1F. The molecule has 0 spiro atoms. The first-order valence-corrected chi connectivity index (χ1v) is 6.16. The molecule has 1 saturated carbocycles. The number of halogens is 1. The van der Waals surface area contributed by atoms with E-state index in [1.54, 1.807) is 6.92 Å². The van der Waals surface area contributed by atoms with Crippen LogP contribution in [0, 0.1) is 12.7 Å². The Bertz CT molecular complexity index is 381. The maximum Gasteiger partial charge on any atom is 0.167 e. The molecule has 0 N–H and O–H groups in total. The molecule has 0 aliphatic heterocycles. The normalized spacial score (nSPS) is 18.3. The predicted molar refractivity (Wildman–Crippen MR) is 63.1 cm³/mol. The maximum atomic E-state index is 14.1. The van der Waals surface area contributed by atoms with Crippen LogP contribution in [0.3, 0.4) is 0 Å². The first-order chi connectivity index (χ1) is 7.41. The van der Waals surface area contributed by atoms with Crippen molar-refractivity contribution in [1.82, 2.24) is 9.78 Å². The highest BCUT2D eigenvalue weighted by Gasteiger charge is 2.30. The molecule has 1 aliphatic carbocycles. The van der Waals surface area contributed by atoms with E-state index in [2.05, 4.69) is 25.9 Å². The van der Waals surface area contributed by atoms with Crippen LogP contribution in [0.2, 0.25) is 0 Å². The predicted octanol–water partition coefficient (Wildman–Crippen LogP) is 3.74. The summed E-state index contributed by atoms with van der Waals surface area (Å²) in [6, 6.07) is 0.414. The molecule has 2 rings (SSSR count). The summed E-state index contributed by atoms with van der Waals surface area (Å²) >= 11 is 0. The Morgan fingerprint density at radius 3 is 2.31 bits per heavy atom. The van der Waals surface area contributed by atoms with Gasteiger partial charge in [-0.3, -0.25) is 4.68 Å². The van der Waals surface area contributed by atoms with Gasteiger partial charge in [0.1, 0.15) is 0 Å². The van der Waals surface area contributed by atoms with Crippen molar-refractivity contribution in [3.8, 4) is 0 Å². The lowest BCUT2D eigenvalue weighted by molar-refractivity contribution is 0.396.